The van der Waals surface area contributed by atoms with Gasteiger partial charge in [0.25, 0.3) is 5.91 Å². The van der Waals surface area contributed by atoms with Crippen LogP contribution in [0.25, 0.3) is 10.9 Å². The van der Waals surface area contributed by atoms with Crippen LogP contribution in [0.2, 0.25) is 10.0 Å². The van der Waals surface area contributed by atoms with E-state index in [1.165, 1.54) is 12.1 Å². The molecule has 0 fully saturated rings. The summed E-state index contributed by atoms with van der Waals surface area (Å²) in [6.07, 6.45) is 0. The molecule has 0 bridgehead atoms. The highest BCUT2D eigenvalue weighted by atomic mass is 35.5. The van der Waals surface area contributed by atoms with Crippen LogP contribution in [0.3, 0.4) is 0 Å². The second kappa shape index (κ2) is 7.03. The van der Waals surface area contributed by atoms with Crippen molar-refractivity contribution in [2.45, 2.75) is 6.92 Å². The zero-order valence-electron chi connectivity index (χ0n) is 12.8. The predicted octanol–water partition coefficient (Wildman–Crippen LogP) is 4.62. The van der Waals surface area contributed by atoms with Crippen molar-refractivity contribution in [1.82, 2.24) is 9.97 Å². The van der Waals surface area contributed by atoms with Gasteiger partial charge < -0.3 is 5.32 Å². The van der Waals surface area contributed by atoms with Gasteiger partial charge in [-0.3, -0.25) is 10.1 Å². The minimum absolute atomic E-state index is 0.214. The first-order valence-electron chi connectivity index (χ1n) is 7.35. The van der Waals surface area contributed by atoms with Gasteiger partial charge in [-0.05, 0) is 37.3 Å². The Balaban J connectivity index is 1.95. The Morgan fingerprint density at radius 2 is 1.79 bits per heavy atom. The largest absolute Gasteiger partial charge is 0.370 e. The molecule has 0 unspecified atom stereocenters. The highest BCUT2D eigenvalue weighted by Gasteiger charge is 2.12. The van der Waals surface area contributed by atoms with Crippen LogP contribution in [-0.4, -0.2) is 22.4 Å². The Labute approximate surface area is 149 Å². The lowest BCUT2D eigenvalue weighted by atomic mass is 10.2. The summed E-state index contributed by atoms with van der Waals surface area (Å²) in [5.41, 5.74) is 1.08. The van der Waals surface area contributed by atoms with E-state index < -0.39 is 0 Å². The highest BCUT2D eigenvalue weighted by Crippen LogP contribution is 2.23. The molecule has 1 amide bonds. The lowest BCUT2D eigenvalue weighted by Gasteiger charge is -2.10. The third-order valence-electron chi connectivity index (χ3n) is 3.30. The van der Waals surface area contributed by atoms with Crippen molar-refractivity contribution in [2.24, 2.45) is 0 Å². The Hall–Kier alpha value is -2.37. The Morgan fingerprint density at radius 3 is 2.50 bits per heavy atom. The van der Waals surface area contributed by atoms with Gasteiger partial charge >= 0.3 is 0 Å². The van der Waals surface area contributed by atoms with Crippen LogP contribution < -0.4 is 10.6 Å². The second-order valence-corrected chi connectivity index (χ2v) is 5.93. The quantitative estimate of drug-likeness (QED) is 0.712. The van der Waals surface area contributed by atoms with Crippen LogP contribution in [0.5, 0.6) is 0 Å². The fourth-order valence-electron chi connectivity index (χ4n) is 2.29. The molecule has 0 aliphatic rings. The molecule has 3 aromatic rings. The summed E-state index contributed by atoms with van der Waals surface area (Å²) < 4.78 is 0. The maximum absolute atomic E-state index is 12.4. The van der Waals surface area contributed by atoms with Crippen molar-refractivity contribution in [3.05, 3.63) is 58.1 Å². The summed E-state index contributed by atoms with van der Waals surface area (Å²) in [5, 5.41) is 7.53. The average Bonchev–Trinajstić information content (AvgIpc) is 2.54. The average molecular weight is 361 g/mol. The van der Waals surface area contributed by atoms with Gasteiger partial charge in [-0.25, -0.2) is 4.98 Å². The number of aromatic nitrogens is 2. The molecule has 0 aliphatic carbocycles. The fourth-order valence-corrected chi connectivity index (χ4v) is 2.82. The van der Waals surface area contributed by atoms with Crippen LogP contribution in [0.1, 0.15) is 17.3 Å². The van der Waals surface area contributed by atoms with E-state index in [0.29, 0.717) is 28.0 Å². The number of amides is 1. The van der Waals surface area contributed by atoms with Crippen molar-refractivity contribution >= 4 is 51.8 Å². The van der Waals surface area contributed by atoms with Crippen LogP contribution in [0.15, 0.2) is 42.5 Å². The van der Waals surface area contributed by atoms with Crippen molar-refractivity contribution in [3.63, 3.8) is 0 Å². The van der Waals surface area contributed by atoms with Gasteiger partial charge in [-0.15, -0.1) is 0 Å². The minimum atomic E-state index is -0.378. The van der Waals surface area contributed by atoms with Gasteiger partial charge in [-0.1, -0.05) is 35.3 Å². The number of para-hydroxylation sites is 1. The van der Waals surface area contributed by atoms with E-state index in [1.54, 1.807) is 6.07 Å². The topological polar surface area (TPSA) is 66.9 Å². The summed E-state index contributed by atoms with van der Waals surface area (Å²) in [4.78, 5) is 21.2. The number of benzene rings is 2. The van der Waals surface area contributed by atoms with Crippen LogP contribution in [-0.2, 0) is 0 Å². The number of rotatable bonds is 4. The third kappa shape index (κ3) is 3.58. The molecule has 24 heavy (non-hydrogen) atoms. The van der Waals surface area contributed by atoms with Gasteiger partial charge in [0.15, 0.2) is 0 Å². The van der Waals surface area contributed by atoms with E-state index in [0.717, 1.165) is 10.9 Å². The lowest BCUT2D eigenvalue weighted by molar-refractivity contribution is 0.102. The first-order valence-corrected chi connectivity index (χ1v) is 8.10. The van der Waals surface area contributed by atoms with E-state index in [-0.39, 0.29) is 11.9 Å². The fraction of sp³-hybridized carbons (Fsp3) is 0.118. The Morgan fingerprint density at radius 1 is 1.08 bits per heavy atom. The predicted molar refractivity (Wildman–Crippen MR) is 98.1 cm³/mol. The normalized spacial score (nSPS) is 10.6. The van der Waals surface area contributed by atoms with Crippen LogP contribution in [0, 0.1) is 0 Å². The molecule has 7 heteroatoms. The van der Waals surface area contributed by atoms with Gasteiger partial charge in [0, 0.05) is 27.5 Å². The highest BCUT2D eigenvalue weighted by molar-refractivity contribution is 6.35. The van der Waals surface area contributed by atoms with Gasteiger partial charge in [0.05, 0.1) is 5.52 Å². The first-order chi connectivity index (χ1) is 11.6. The number of fused-ring (bicyclic) bond motifs is 1. The first kappa shape index (κ1) is 16.5. The van der Waals surface area contributed by atoms with E-state index in [1.807, 2.05) is 31.2 Å². The zero-order valence-corrected chi connectivity index (χ0v) is 14.3. The molecule has 0 atom stereocenters. The van der Waals surface area contributed by atoms with E-state index in [4.69, 9.17) is 23.2 Å². The maximum atomic E-state index is 12.4. The van der Waals surface area contributed by atoms with Gasteiger partial charge in [0.1, 0.15) is 5.82 Å². The smallest absolute Gasteiger partial charge is 0.258 e. The number of nitrogens with zero attached hydrogens (tertiary/aromatic N) is 2. The Bertz CT molecular complexity index is 894. The molecular formula is C17H14Cl2N4O. The number of hydrogen-bond acceptors (Lipinski definition) is 4. The van der Waals surface area contributed by atoms with Crippen molar-refractivity contribution in [2.75, 3.05) is 17.2 Å². The lowest BCUT2D eigenvalue weighted by Crippen LogP contribution is -2.15. The number of carbonyl (C=O) groups is 1. The number of halogens is 2. The molecule has 3 rings (SSSR count). The number of anilines is 2. The number of carbonyl (C=O) groups excluding carboxylic acids is 1. The molecule has 5 nitrogen and oxygen atoms in total. The number of nitrogens with one attached hydrogen (secondary N) is 2. The SMILES string of the molecule is CCNc1nc(NC(=O)c2cc(Cl)cc(Cl)c2)nc2ccccc12. The molecule has 1 heterocycles. The summed E-state index contributed by atoms with van der Waals surface area (Å²) in [6.45, 7) is 2.68. The summed E-state index contributed by atoms with van der Waals surface area (Å²) in [6, 6.07) is 12.2. The molecular weight excluding hydrogens is 347 g/mol. The molecule has 0 spiro atoms. The summed E-state index contributed by atoms with van der Waals surface area (Å²) >= 11 is 11.9. The monoisotopic (exact) mass is 360 g/mol. The van der Waals surface area contributed by atoms with E-state index in [2.05, 4.69) is 20.6 Å². The van der Waals surface area contributed by atoms with Gasteiger partial charge in [0.2, 0.25) is 5.95 Å². The second-order valence-electron chi connectivity index (χ2n) is 5.06. The molecule has 122 valence electrons. The molecule has 0 aliphatic heterocycles. The van der Waals surface area contributed by atoms with Crippen molar-refractivity contribution in [1.29, 1.82) is 0 Å². The standard InChI is InChI=1S/C17H14Cl2N4O/c1-2-20-15-13-5-3-4-6-14(13)21-17(22-15)23-16(24)10-7-11(18)9-12(19)8-10/h3-9H,2H2,1H3,(H2,20,21,22,23,24). The molecule has 2 aromatic carbocycles. The van der Waals surface area contributed by atoms with E-state index in [9.17, 15) is 4.79 Å². The molecule has 2 N–H and O–H groups in total. The molecule has 0 radical (unpaired) electrons. The van der Waals surface area contributed by atoms with Crippen molar-refractivity contribution < 1.29 is 4.79 Å². The van der Waals surface area contributed by atoms with Crippen molar-refractivity contribution in [3.8, 4) is 0 Å². The summed E-state index contributed by atoms with van der Waals surface area (Å²) in [5.74, 6) is 0.505. The molecule has 0 saturated heterocycles. The number of hydrogen-bond donors (Lipinski definition) is 2. The van der Waals surface area contributed by atoms with E-state index >= 15 is 0 Å². The summed E-state index contributed by atoms with van der Waals surface area (Å²) in [7, 11) is 0. The molecule has 1 aromatic heterocycles. The Kier molecular flexibility index (Phi) is 4.83. The van der Waals surface area contributed by atoms with Gasteiger partial charge in [-0.2, -0.15) is 4.98 Å². The molecule has 0 saturated carbocycles. The minimum Gasteiger partial charge on any atom is -0.370 e. The zero-order chi connectivity index (χ0) is 17.1. The third-order valence-corrected chi connectivity index (χ3v) is 3.73. The van der Waals surface area contributed by atoms with Crippen LogP contribution >= 0.6 is 23.2 Å². The van der Waals surface area contributed by atoms with Crippen LogP contribution in [0.4, 0.5) is 11.8 Å². The maximum Gasteiger partial charge on any atom is 0.258 e.